The first-order valence-corrected chi connectivity index (χ1v) is 9.89. The molecule has 1 amide bonds. The predicted molar refractivity (Wildman–Crippen MR) is 112 cm³/mol. The quantitative estimate of drug-likeness (QED) is 0.425. The van der Waals surface area contributed by atoms with Crippen LogP contribution in [0.3, 0.4) is 0 Å². The van der Waals surface area contributed by atoms with Crippen LogP contribution in [0.4, 0.5) is 14.5 Å². The molecule has 1 heterocycles. The Morgan fingerprint density at radius 2 is 1.68 bits per heavy atom. The summed E-state index contributed by atoms with van der Waals surface area (Å²) >= 11 is 0. The Morgan fingerprint density at radius 3 is 2.45 bits per heavy atom. The molecule has 0 aliphatic heterocycles. The van der Waals surface area contributed by atoms with Crippen molar-refractivity contribution in [1.82, 2.24) is 0 Å². The van der Waals surface area contributed by atoms with E-state index < -0.39 is 11.6 Å². The van der Waals surface area contributed by atoms with E-state index in [0.29, 0.717) is 23.1 Å². The van der Waals surface area contributed by atoms with E-state index in [0.717, 1.165) is 5.56 Å². The molecule has 1 aliphatic rings. The second-order valence-corrected chi connectivity index (χ2v) is 7.63. The van der Waals surface area contributed by atoms with Crippen molar-refractivity contribution in [3.8, 4) is 0 Å². The fourth-order valence-electron chi connectivity index (χ4n) is 3.87. The summed E-state index contributed by atoms with van der Waals surface area (Å²) in [5.41, 5.74) is 1.78. The van der Waals surface area contributed by atoms with Crippen molar-refractivity contribution in [3.63, 3.8) is 0 Å². The highest BCUT2D eigenvalue weighted by atomic mass is 19.1. The van der Waals surface area contributed by atoms with Gasteiger partial charge in [0.1, 0.15) is 17.2 Å². The second kappa shape index (κ2) is 7.47. The number of halogens is 2. The number of nitrogens with one attached hydrogen (secondary N) is 1. The average molecular weight is 417 g/mol. The predicted octanol–water partition coefficient (Wildman–Crippen LogP) is 5.68. The molecule has 1 fully saturated rings. The topological polar surface area (TPSA) is 59.3 Å². The number of hydrogen-bond acceptors (Lipinski definition) is 3. The smallest absolute Gasteiger partial charge is 0.230 e. The summed E-state index contributed by atoms with van der Waals surface area (Å²) in [4.78, 5) is 26.0. The third kappa shape index (κ3) is 3.61. The lowest BCUT2D eigenvalue weighted by Gasteiger charge is -2.06. The van der Waals surface area contributed by atoms with E-state index in [1.54, 1.807) is 36.4 Å². The van der Waals surface area contributed by atoms with E-state index in [1.807, 2.05) is 0 Å². The molecule has 3 aromatic carbocycles. The highest BCUT2D eigenvalue weighted by Crippen LogP contribution is 2.48. The van der Waals surface area contributed by atoms with Gasteiger partial charge in [-0.3, -0.25) is 9.59 Å². The highest BCUT2D eigenvalue weighted by Gasteiger charge is 2.44. The Labute approximate surface area is 176 Å². The van der Waals surface area contributed by atoms with E-state index >= 15 is 0 Å². The van der Waals surface area contributed by atoms with Crippen LogP contribution in [0.15, 0.2) is 77.2 Å². The molecule has 2 unspecified atom stereocenters. The molecule has 1 aliphatic carbocycles. The summed E-state index contributed by atoms with van der Waals surface area (Å²) in [7, 11) is 0. The number of benzene rings is 3. The third-order valence-electron chi connectivity index (χ3n) is 5.56. The number of rotatable bonds is 5. The summed E-state index contributed by atoms with van der Waals surface area (Å²) < 4.78 is 32.5. The summed E-state index contributed by atoms with van der Waals surface area (Å²) in [6.07, 6.45) is 0.603. The van der Waals surface area contributed by atoms with Gasteiger partial charge in [-0.2, -0.15) is 0 Å². The van der Waals surface area contributed by atoms with Crippen LogP contribution in [0.5, 0.6) is 0 Å². The number of carbonyl (C=O) groups excluding carboxylic acids is 2. The molecule has 1 aromatic heterocycles. The van der Waals surface area contributed by atoms with Crippen molar-refractivity contribution in [1.29, 1.82) is 0 Å². The Bertz CT molecular complexity index is 1310. The number of para-hydroxylation sites is 1. The van der Waals surface area contributed by atoms with Crippen molar-refractivity contribution < 1.29 is 22.8 Å². The van der Waals surface area contributed by atoms with Gasteiger partial charge in [0.05, 0.1) is 5.69 Å². The van der Waals surface area contributed by atoms with Gasteiger partial charge in [-0.15, -0.1) is 0 Å². The molecule has 4 aromatic rings. The van der Waals surface area contributed by atoms with E-state index in [9.17, 15) is 18.4 Å². The fourth-order valence-corrected chi connectivity index (χ4v) is 3.87. The molecule has 154 valence electrons. The first-order valence-electron chi connectivity index (χ1n) is 9.89. The number of carbonyl (C=O) groups is 2. The maximum absolute atomic E-state index is 13.5. The van der Waals surface area contributed by atoms with Gasteiger partial charge in [0.2, 0.25) is 11.7 Å². The zero-order valence-electron chi connectivity index (χ0n) is 16.3. The first kappa shape index (κ1) is 19.2. The first-order chi connectivity index (χ1) is 15.0. The molecule has 1 N–H and O–H groups in total. The number of amides is 1. The number of ketones is 1. The zero-order valence-corrected chi connectivity index (χ0v) is 16.3. The molecule has 31 heavy (non-hydrogen) atoms. The zero-order chi connectivity index (χ0) is 21.5. The van der Waals surface area contributed by atoms with Crippen molar-refractivity contribution in [2.75, 3.05) is 5.32 Å². The Balaban J connectivity index is 1.45. The highest BCUT2D eigenvalue weighted by molar-refractivity contribution is 6.17. The third-order valence-corrected chi connectivity index (χ3v) is 5.56. The van der Waals surface area contributed by atoms with Gasteiger partial charge in [0.15, 0.2) is 5.76 Å². The van der Waals surface area contributed by atoms with Crippen LogP contribution < -0.4 is 5.32 Å². The Morgan fingerprint density at radius 1 is 0.903 bits per heavy atom. The molecule has 0 spiro atoms. The van der Waals surface area contributed by atoms with E-state index in [-0.39, 0.29) is 34.9 Å². The SMILES string of the molecule is O=C(c1ccc(F)cc1)c1oc2ccccc2c1NC(=O)C1CC1c1cccc(F)c1. The average Bonchev–Trinajstić information content (AvgIpc) is 3.50. The lowest BCUT2D eigenvalue weighted by Crippen LogP contribution is -2.16. The molecule has 2 atom stereocenters. The van der Waals surface area contributed by atoms with Gasteiger partial charge in [0.25, 0.3) is 0 Å². The number of fused-ring (bicyclic) bond motifs is 1. The minimum Gasteiger partial charge on any atom is -0.450 e. The Kier molecular flexibility index (Phi) is 4.62. The molecule has 0 radical (unpaired) electrons. The summed E-state index contributed by atoms with van der Waals surface area (Å²) in [6, 6.07) is 18.4. The van der Waals surface area contributed by atoms with Gasteiger partial charge >= 0.3 is 0 Å². The van der Waals surface area contributed by atoms with Gasteiger partial charge in [-0.05, 0) is 66.4 Å². The number of anilines is 1. The Hall–Kier alpha value is -3.80. The number of furan rings is 1. The minimum atomic E-state index is -0.455. The maximum Gasteiger partial charge on any atom is 0.230 e. The van der Waals surface area contributed by atoms with Crippen molar-refractivity contribution in [2.45, 2.75) is 12.3 Å². The monoisotopic (exact) mass is 417 g/mol. The van der Waals surface area contributed by atoms with Gasteiger partial charge < -0.3 is 9.73 Å². The van der Waals surface area contributed by atoms with E-state index in [2.05, 4.69) is 5.32 Å². The molecule has 6 heteroatoms. The van der Waals surface area contributed by atoms with Crippen LogP contribution in [-0.2, 0) is 4.79 Å². The van der Waals surface area contributed by atoms with Crippen molar-refractivity contribution in [2.24, 2.45) is 5.92 Å². The summed E-state index contributed by atoms with van der Waals surface area (Å²) in [5.74, 6) is -1.89. The van der Waals surface area contributed by atoms with Crippen LogP contribution in [0.1, 0.15) is 34.0 Å². The molecular formula is C25H17F2NO3. The molecule has 1 saturated carbocycles. The molecule has 4 nitrogen and oxygen atoms in total. The summed E-state index contributed by atoms with van der Waals surface area (Å²) in [5, 5.41) is 3.45. The van der Waals surface area contributed by atoms with Crippen LogP contribution >= 0.6 is 0 Å². The molecule has 5 rings (SSSR count). The fraction of sp³-hybridized carbons (Fsp3) is 0.120. The minimum absolute atomic E-state index is 0.0101. The lowest BCUT2D eigenvalue weighted by molar-refractivity contribution is -0.117. The van der Waals surface area contributed by atoms with Gasteiger partial charge in [0, 0.05) is 16.9 Å². The second-order valence-electron chi connectivity index (χ2n) is 7.63. The van der Waals surface area contributed by atoms with Crippen LogP contribution in [-0.4, -0.2) is 11.7 Å². The summed E-state index contributed by atoms with van der Waals surface area (Å²) in [6.45, 7) is 0. The van der Waals surface area contributed by atoms with E-state index in [1.165, 1.54) is 36.4 Å². The van der Waals surface area contributed by atoms with Crippen LogP contribution in [0, 0.1) is 17.6 Å². The van der Waals surface area contributed by atoms with E-state index in [4.69, 9.17) is 4.42 Å². The van der Waals surface area contributed by atoms with Crippen molar-refractivity contribution >= 4 is 28.3 Å². The van der Waals surface area contributed by atoms with Crippen molar-refractivity contribution in [3.05, 3.63) is 101 Å². The van der Waals surface area contributed by atoms with Gasteiger partial charge in [-0.25, -0.2) is 8.78 Å². The number of hydrogen-bond donors (Lipinski definition) is 1. The van der Waals surface area contributed by atoms with Crippen LogP contribution in [0.25, 0.3) is 11.0 Å². The molecule has 0 bridgehead atoms. The van der Waals surface area contributed by atoms with Crippen LogP contribution in [0.2, 0.25) is 0 Å². The molecular weight excluding hydrogens is 400 g/mol. The normalized spacial score (nSPS) is 17.5. The standard InChI is InChI=1S/C25H17F2NO3/c26-16-10-8-14(9-11-16)23(29)24-22(18-6-1-2-7-21(18)31-24)28-25(30)20-13-19(20)15-4-3-5-17(27)12-15/h1-12,19-20H,13H2,(H,28,30). The largest absolute Gasteiger partial charge is 0.450 e. The lowest BCUT2D eigenvalue weighted by atomic mass is 10.1. The maximum atomic E-state index is 13.5. The molecule has 0 saturated heterocycles. The van der Waals surface area contributed by atoms with Gasteiger partial charge in [-0.1, -0.05) is 24.3 Å².